The van der Waals surface area contributed by atoms with Crippen LogP contribution in [0.4, 0.5) is 0 Å². The summed E-state index contributed by atoms with van der Waals surface area (Å²) in [7, 11) is 0. The number of hydrogen-bond acceptors (Lipinski definition) is 3. The molecule has 0 unspecified atom stereocenters. The lowest BCUT2D eigenvalue weighted by molar-refractivity contribution is 0.713. The molecule has 0 atom stereocenters. The Kier molecular flexibility index (Phi) is 2.96. The van der Waals surface area contributed by atoms with Crippen LogP contribution in [0.1, 0.15) is 19.3 Å². The Morgan fingerprint density at radius 3 is 3.12 bits per heavy atom. The maximum absolute atomic E-state index is 3.92. The van der Waals surface area contributed by atoms with E-state index in [2.05, 4.69) is 9.63 Å². The summed E-state index contributed by atoms with van der Waals surface area (Å²) in [5, 5.41) is 3.92. The third-order valence-corrected chi connectivity index (χ3v) is 1.81. The standard InChI is InChI=1S/C5H10N2S/c1-2-4-6-7-8-5-3-1/h1-5H2. The second-order valence-electron chi connectivity index (χ2n) is 1.84. The molecule has 1 rings (SSSR count). The average molecular weight is 130 g/mol. The third kappa shape index (κ3) is 2.31. The predicted octanol–water partition coefficient (Wildman–Crippen LogP) is 2.27. The van der Waals surface area contributed by atoms with Gasteiger partial charge in [-0.15, -0.1) is 4.52 Å². The third-order valence-electron chi connectivity index (χ3n) is 1.11. The maximum atomic E-state index is 3.92. The second kappa shape index (κ2) is 3.89. The summed E-state index contributed by atoms with van der Waals surface area (Å²) >= 11 is 1.59. The van der Waals surface area contributed by atoms with E-state index in [1.807, 2.05) is 0 Å². The van der Waals surface area contributed by atoms with E-state index in [0.717, 1.165) is 12.3 Å². The minimum Gasteiger partial charge on any atom is -0.182 e. The lowest BCUT2D eigenvalue weighted by Gasteiger charge is -1.98. The van der Waals surface area contributed by atoms with Gasteiger partial charge in [-0.2, -0.15) is 5.11 Å². The summed E-state index contributed by atoms with van der Waals surface area (Å²) in [6, 6.07) is 0. The van der Waals surface area contributed by atoms with Crippen LogP contribution in [0, 0.1) is 0 Å². The molecular weight excluding hydrogens is 120 g/mol. The predicted molar refractivity (Wildman–Crippen MR) is 36.0 cm³/mol. The lowest BCUT2D eigenvalue weighted by Crippen LogP contribution is -1.85. The molecule has 0 amide bonds. The summed E-state index contributed by atoms with van der Waals surface area (Å²) in [6.45, 7) is 0.938. The number of nitrogens with zero attached hydrogens (tertiary/aromatic N) is 2. The van der Waals surface area contributed by atoms with Gasteiger partial charge in [0.15, 0.2) is 0 Å². The van der Waals surface area contributed by atoms with Crippen molar-refractivity contribution in [2.24, 2.45) is 9.63 Å². The second-order valence-corrected chi connectivity index (χ2v) is 2.67. The Morgan fingerprint density at radius 2 is 2.12 bits per heavy atom. The Hall–Kier alpha value is -0.0500. The van der Waals surface area contributed by atoms with E-state index in [1.165, 1.54) is 19.3 Å². The Labute approximate surface area is 53.9 Å². The molecule has 0 aromatic heterocycles. The summed E-state index contributed by atoms with van der Waals surface area (Å²) < 4.78 is 3.87. The Morgan fingerprint density at radius 1 is 1.12 bits per heavy atom. The van der Waals surface area contributed by atoms with Gasteiger partial charge >= 0.3 is 0 Å². The first-order chi connectivity index (χ1) is 4.00. The van der Waals surface area contributed by atoms with Gasteiger partial charge in [0.2, 0.25) is 0 Å². The maximum Gasteiger partial charge on any atom is 0.0609 e. The first-order valence-corrected chi connectivity index (χ1v) is 3.93. The van der Waals surface area contributed by atoms with Crippen LogP contribution < -0.4 is 0 Å². The molecule has 0 saturated carbocycles. The molecule has 0 N–H and O–H groups in total. The van der Waals surface area contributed by atoms with Gasteiger partial charge in [-0.1, -0.05) is 6.42 Å². The fraction of sp³-hybridized carbons (Fsp3) is 1.00. The number of hydrogen-bond donors (Lipinski definition) is 0. The first kappa shape index (κ1) is 6.08. The molecule has 1 aliphatic rings. The highest BCUT2D eigenvalue weighted by Crippen LogP contribution is 2.11. The first-order valence-electron chi connectivity index (χ1n) is 2.99. The van der Waals surface area contributed by atoms with Crippen LogP contribution in [-0.2, 0) is 0 Å². The van der Waals surface area contributed by atoms with E-state index >= 15 is 0 Å². The highest BCUT2D eigenvalue weighted by Gasteiger charge is 1.92. The molecule has 0 aromatic rings. The summed E-state index contributed by atoms with van der Waals surface area (Å²) in [6.07, 6.45) is 3.86. The molecule has 0 saturated heterocycles. The topological polar surface area (TPSA) is 24.7 Å². The van der Waals surface area contributed by atoms with Gasteiger partial charge in [-0.25, -0.2) is 0 Å². The van der Waals surface area contributed by atoms with Gasteiger partial charge in [-0.3, -0.25) is 0 Å². The number of rotatable bonds is 0. The van der Waals surface area contributed by atoms with Crippen molar-refractivity contribution >= 4 is 11.9 Å². The van der Waals surface area contributed by atoms with Crippen molar-refractivity contribution in [1.29, 1.82) is 0 Å². The van der Waals surface area contributed by atoms with Crippen molar-refractivity contribution in [3.8, 4) is 0 Å². The molecule has 0 aromatic carbocycles. The van der Waals surface area contributed by atoms with Crippen LogP contribution in [-0.4, -0.2) is 12.3 Å². The average Bonchev–Trinajstić information content (AvgIpc) is 1.62. The van der Waals surface area contributed by atoms with Crippen LogP contribution in [0.3, 0.4) is 0 Å². The molecular formula is C5H10N2S. The van der Waals surface area contributed by atoms with Gasteiger partial charge in [0.25, 0.3) is 0 Å². The minimum atomic E-state index is 0.938. The highest BCUT2D eigenvalue weighted by atomic mass is 32.2. The van der Waals surface area contributed by atoms with E-state index < -0.39 is 0 Å². The molecule has 0 radical (unpaired) electrons. The highest BCUT2D eigenvalue weighted by molar-refractivity contribution is 7.97. The van der Waals surface area contributed by atoms with Crippen molar-refractivity contribution in [2.75, 3.05) is 12.3 Å². The van der Waals surface area contributed by atoms with Gasteiger partial charge in [0.05, 0.1) is 6.54 Å². The lowest BCUT2D eigenvalue weighted by atomic mass is 10.2. The van der Waals surface area contributed by atoms with Crippen LogP contribution in [0.15, 0.2) is 9.63 Å². The van der Waals surface area contributed by atoms with E-state index in [-0.39, 0.29) is 0 Å². The molecule has 8 heavy (non-hydrogen) atoms. The zero-order valence-electron chi connectivity index (χ0n) is 4.84. The van der Waals surface area contributed by atoms with Gasteiger partial charge in [0.1, 0.15) is 0 Å². The molecule has 0 fully saturated rings. The SMILES string of the molecule is C1CCN=NSCC1. The van der Waals surface area contributed by atoms with E-state index in [0.29, 0.717) is 0 Å². The quantitative estimate of drug-likeness (QED) is 0.462. The van der Waals surface area contributed by atoms with Crippen LogP contribution >= 0.6 is 11.9 Å². The molecule has 0 bridgehead atoms. The van der Waals surface area contributed by atoms with Crippen LogP contribution in [0.5, 0.6) is 0 Å². The van der Waals surface area contributed by atoms with Gasteiger partial charge < -0.3 is 0 Å². The van der Waals surface area contributed by atoms with Gasteiger partial charge in [0, 0.05) is 5.75 Å². The smallest absolute Gasteiger partial charge is 0.0609 e. The minimum absolute atomic E-state index is 0.938. The molecule has 0 spiro atoms. The largest absolute Gasteiger partial charge is 0.182 e. The fourth-order valence-corrected chi connectivity index (χ4v) is 1.23. The van der Waals surface area contributed by atoms with E-state index in [9.17, 15) is 0 Å². The van der Waals surface area contributed by atoms with Crippen molar-refractivity contribution < 1.29 is 0 Å². The van der Waals surface area contributed by atoms with Gasteiger partial charge in [-0.05, 0) is 24.8 Å². The normalized spacial score (nSPS) is 22.0. The summed E-state index contributed by atoms with van der Waals surface area (Å²) in [4.78, 5) is 0. The molecule has 1 aliphatic heterocycles. The van der Waals surface area contributed by atoms with E-state index in [4.69, 9.17) is 0 Å². The van der Waals surface area contributed by atoms with E-state index in [1.54, 1.807) is 11.9 Å². The summed E-state index contributed by atoms with van der Waals surface area (Å²) in [5.41, 5.74) is 0. The monoisotopic (exact) mass is 130 g/mol. The van der Waals surface area contributed by atoms with Crippen molar-refractivity contribution in [3.05, 3.63) is 0 Å². The summed E-state index contributed by atoms with van der Waals surface area (Å²) in [5.74, 6) is 1.16. The molecule has 1 heterocycles. The van der Waals surface area contributed by atoms with Crippen molar-refractivity contribution in [1.82, 2.24) is 0 Å². The molecule has 0 aliphatic carbocycles. The van der Waals surface area contributed by atoms with Crippen LogP contribution in [0.2, 0.25) is 0 Å². The Balaban J connectivity index is 2.17. The Bertz CT molecular complexity index is 72.5. The molecule has 3 heteroatoms. The molecule has 2 nitrogen and oxygen atoms in total. The zero-order chi connectivity index (χ0) is 5.66. The zero-order valence-corrected chi connectivity index (χ0v) is 5.65. The van der Waals surface area contributed by atoms with Crippen LogP contribution in [0.25, 0.3) is 0 Å². The molecule has 46 valence electrons. The fourth-order valence-electron chi connectivity index (χ4n) is 0.648. The van der Waals surface area contributed by atoms with Crippen molar-refractivity contribution in [2.45, 2.75) is 19.3 Å². The van der Waals surface area contributed by atoms with Crippen molar-refractivity contribution in [3.63, 3.8) is 0 Å².